The molecule has 0 unspecified atom stereocenters. The van der Waals surface area contributed by atoms with Crippen LogP contribution in [0.25, 0.3) is 0 Å². The van der Waals surface area contributed by atoms with Crippen molar-refractivity contribution in [2.45, 2.75) is 14.0 Å². The van der Waals surface area contributed by atoms with Gasteiger partial charge < -0.3 is 0 Å². The van der Waals surface area contributed by atoms with Crippen LogP contribution >= 0.6 is 11.3 Å². The fourth-order valence-electron chi connectivity index (χ4n) is 1.96. The molecule has 0 saturated carbocycles. The maximum atomic E-state index is 12.5. The average molecular weight is 409 g/mol. The molecule has 0 aliphatic heterocycles. The van der Waals surface area contributed by atoms with Gasteiger partial charge in [0.15, 0.2) is 0 Å². The summed E-state index contributed by atoms with van der Waals surface area (Å²) in [6.45, 7) is 0. The Morgan fingerprint density at radius 3 is 2.38 bits per heavy atom. The number of benzene rings is 1. The van der Waals surface area contributed by atoms with Crippen molar-refractivity contribution in [3.05, 3.63) is 66.1 Å². The first-order valence-corrected chi connectivity index (χ1v) is 10.9. The number of carbonyl (C=O) groups is 1. The molecule has 26 heavy (non-hydrogen) atoms. The van der Waals surface area contributed by atoms with Crippen molar-refractivity contribution in [3.8, 4) is 0 Å². The van der Waals surface area contributed by atoms with E-state index in [2.05, 4.69) is 9.97 Å². The fourth-order valence-corrected chi connectivity index (χ4v) is 5.82. The van der Waals surface area contributed by atoms with Gasteiger partial charge in [0.2, 0.25) is 9.84 Å². The summed E-state index contributed by atoms with van der Waals surface area (Å²) in [5.74, 6) is -0.959. The molecular formula is C15H11N3O5S3. The summed E-state index contributed by atoms with van der Waals surface area (Å²) in [6, 6.07) is 8.65. The molecule has 0 bridgehead atoms. The van der Waals surface area contributed by atoms with Gasteiger partial charge in [-0.15, -0.1) is 11.3 Å². The number of sulfonamides is 1. The van der Waals surface area contributed by atoms with Crippen molar-refractivity contribution >= 4 is 37.1 Å². The zero-order valence-corrected chi connectivity index (χ0v) is 15.4. The average Bonchev–Trinajstić information content (AvgIpc) is 3.15. The third-order valence-corrected chi connectivity index (χ3v) is 7.87. The SMILES string of the molecule is O=C(NS(=O)(=O)c1cc(S(=O)(=O)c2ccccc2)cs1)c1cnccn1. The van der Waals surface area contributed by atoms with Crippen LogP contribution in [0.5, 0.6) is 0 Å². The zero-order valence-electron chi connectivity index (χ0n) is 12.9. The quantitative estimate of drug-likeness (QED) is 0.677. The topological polar surface area (TPSA) is 123 Å². The highest BCUT2D eigenvalue weighted by Crippen LogP contribution is 2.28. The minimum atomic E-state index is -4.24. The lowest BCUT2D eigenvalue weighted by molar-refractivity contribution is 0.0976. The van der Waals surface area contributed by atoms with Crippen molar-refractivity contribution in [3.63, 3.8) is 0 Å². The van der Waals surface area contributed by atoms with E-state index in [1.165, 1.54) is 29.9 Å². The number of nitrogens with zero attached hydrogens (tertiary/aromatic N) is 2. The zero-order chi connectivity index (χ0) is 18.8. The van der Waals surface area contributed by atoms with Gasteiger partial charge in [-0.1, -0.05) is 18.2 Å². The van der Waals surface area contributed by atoms with E-state index in [0.29, 0.717) is 11.3 Å². The number of hydrogen-bond donors (Lipinski definition) is 1. The summed E-state index contributed by atoms with van der Waals surface area (Å²) in [7, 11) is -8.09. The smallest absolute Gasteiger partial charge is 0.266 e. The fraction of sp³-hybridized carbons (Fsp3) is 0. The van der Waals surface area contributed by atoms with Crippen LogP contribution in [0.2, 0.25) is 0 Å². The first kappa shape index (κ1) is 18.2. The molecule has 0 radical (unpaired) electrons. The molecule has 3 aromatic rings. The summed E-state index contributed by atoms with van der Waals surface area (Å²) in [4.78, 5) is 19.2. The molecule has 11 heteroatoms. The number of amides is 1. The second-order valence-corrected chi connectivity index (χ2v) is 9.71. The lowest BCUT2D eigenvalue weighted by atomic mass is 10.4. The first-order chi connectivity index (χ1) is 12.3. The molecule has 0 fully saturated rings. The number of rotatable bonds is 5. The van der Waals surface area contributed by atoms with Gasteiger partial charge in [-0.3, -0.25) is 9.78 Å². The van der Waals surface area contributed by atoms with Crippen LogP contribution in [0.15, 0.2) is 74.4 Å². The molecule has 0 saturated heterocycles. The van der Waals surface area contributed by atoms with E-state index in [9.17, 15) is 21.6 Å². The number of sulfone groups is 1. The third-order valence-electron chi connectivity index (χ3n) is 3.20. The van der Waals surface area contributed by atoms with E-state index in [-0.39, 0.29) is 19.7 Å². The predicted molar refractivity (Wildman–Crippen MR) is 92.9 cm³/mol. The maximum absolute atomic E-state index is 12.5. The monoisotopic (exact) mass is 409 g/mol. The van der Waals surface area contributed by atoms with Crippen LogP contribution in [0.1, 0.15) is 10.5 Å². The third kappa shape index (κ3) is 3.64. The van der Waals surface area contributed by atoms with Crippen molar-refractivity contribution in [1.29, 1.82) is 0 Å². The molecule has 3 rings (SSSR count). The van der Waals surface area contributed by atoms with Crippen molar-refractivity contribution < 1.29 is 21.6 Å². The standard InChI is InChI=1S/C15H11N3O5S3/c19-15(13-9-16-6-7-17-13)18-26(22,23)14-8-12(10-24-14)25(20,21)11-4-2-1-3-5-11/h1-10H,(H,18,19). The Morgan fingerprint density at radius 1 is 1.00 bits per heavy atom. The van der Waals surface area contributed by atoms with E-state index in [1.54, 1.807) is 18.2 Å². The van der Waals surface area contributed by atoms with Gasteiger partial charge in [0.1, 0.15) is 9.90 Å². The van der Waals surface area contributed by atoms with E-state index in [1.807, 2.05) is 4.72 Å². The van der Waals surface area contributed by atoms with Gasteiger partial charge >= 0.3 is 0 Å². The molecule has 0 aliphatic carbocycles. The van der Waals surface area contributed by atoms with Crippen molar-refractivity contribution in [2.75, 3.05) is 0 Å². The summed E-state index contributed by atoms with van der Waals surface area (Å²) in [6.07, 6.45) is 3.70. The van der Waals surface area contributed by atoms with Gasteiger partial charge in [-0.25, -0.2) is 26.5 Å². The molecule has 1 aromatic carbocycles. The van der Waals surface area contributed by atoms with E-state index >= 15 is 0 Å². The lowest BCUT2D eigenvalue weighted by Gasteiger charge is -2.04. The number of carbonyl (C=O) groups excluding carboxylic acids is 1. The normalized spacial score (nSPS) is 11.8. The Kier molecular flexibility index (Phi) is 4.85. The Morgan fingerprint density at radius 2 is 1.73 bits per heavy atom. The highest BCUT2D eigenvalue weighted by molar-refractivity contribution is 7.93. The van der Waals surface area contributed by atoms with E-state index in [0.717, 1.165) is 12.3 Å². The van der Waals surface area contributed by atoms with Crippen LogP contribution in [-0.2, 0) is 19.9 Å². The van der Waals surface area contributed by atoms with Crippen molar-refractivity contribution in [1.82, 2.24) is 14.7 Å². The summed E-state index contributed by atoms with van der Waals surface area (Å²) < 4.78 is 51.2. The van der Waals surface area contributed by atoms with Crippen LogP contribution in [-0.4, -0.2) is 32.7 Å². The van der Waals surface area contributed by atoms with Gasteiger partial charge in [0, 0.05) is 17.8 Å². The number of nitrogens with one attached hydrogen (secondary N) is 1. The Balaban J connectivity index is 1.88. The molecule has 0 aliphatic rings. The Labute approximate surface area is 153 Å². The van der Waals surface area contributed by atoms with Crippen molar-refractivity contribution in [2.24, 2.45) is 0 Å². The summed E-state index contributed by atoms with van der Waals surface area (Å²) >= 11 is 0.697. The minimum Gasteiger partial charge on any atom is -0.266 e. The molecule has 2 aromatic heterocycles. The minimum absolute atomic E-state index is 0.0466. The summed E-state index contributed by atoms with van der Waals surface area (Å²) in [5, 5.41) is 1.21. The van der Waals surface area contributed by atoms with Gasteiger partial charge in [0.05, 0.1) is 16.0 Å². The van der Waals surface area contributed by atoms with Crippen LogP contribution < -0.4 is 4.72 Å². The number of thiophene rings is 1. The number of aromatic nitrogens is 2. The van der Waals surface area contributed by atoms with Gasteiger partial charge in [-0.05, 0) is 18.2 Å². The Bertz CT molecular complexity index is 1140. The first-order valence-electron chi connectivity index (χ1n) is 7.02. The lowest BCUT2D eigenvalue weighted by Crippen LogP contribution is -2.30. The second-order valence-electron chi connectivity index (χ2n) is 4.94. The molecule has 0 spiro atoms. The van der Waals surface area contributed by atoms with Gasteiger partial charge in [0.25, 0.3) is 15.9 Å². The highest BCUT2D eigenvalue weighted by Gasteiger charge is 2.25. The molecule has 134 valence electrons. The van der Waals surface area contributed by atoms with E-state index in [4.69, 9.17) is 0 Å². The van der Waals surface area contributed by atoms with Crippen LogP contribution in [0.3, 0.4) is 0 Å². The summed E-state index contributed by atoms with van der Waals surface area (Å²) in [5.41, 5.74) is -0.176. The van der Waals surface area contributed by atoms with Crippen LogP contribution in [0, 0.1) is 0 Å². The Hall–Kier alpha value is -2.63. The molecule has 0 atom stereocenters. The highest BCUT2D eigenvalue weighted by atomic mass is 32.2. The second kappa shape index (κ2) is 6.94. The maximum Gasteiger partial charge on any atom is 0.285 e. The number of hydrogen-bond acceptors (Lipinski definition) is 8. The molecule has 1 amide bonds. The predicted octanol–water partition coefficient (Wildman–Crippen LogP) is 1.49. The van der Waals surface area contributed by atoms with Gasteiger partial charge in [-0.2, -0.15) is 0 Å². The molecule has 8 nitrogen and oxygen atoms in total. The molecule has 2 heterocycles. The largest absolute Gasteiger partial charge is 0.285 e. The molecule has 1 N–H and O–H groups in total. The molecular weight excluding hydrogens is 398 g/mol. The van der Waals surface area contributed by atoms with Crippen LogP contribution in [0.4, 0.5) is 0 Å². The van der Waals surface area contributed by atoms with E-state index < -0.39 is 25.8 Å².